The van der Waals surface area contributed by atoms with E-state index in [0.29, 0.717) is 6.61 Å². The molecule has 1 aromatic rings. The highest BCUT2D eigenvalue weighted by atomic mass is 19.1. The molecular formula is C11H16FNO. The minimum absolute atomic E-state index is 0.0608. The molecule has 0 aliphatic carbocycles. The van der Waals surface area contributed by atoms with Gasteiger partial charge in [-0.05, 0) is 31.0 Å². The van der Waals surface area contributed by atoms with Crippen LogP contribution in [-0.2, 0) is 4.84 Å². The van der Waals surface area contributed by atoms with E-state index in [4.69, 9.17) is 4.84 Å². The summed E-state index contributed by atoms with van der Waals surface area (Å²) in [4.78, 5) is 5.11. The number of hydrogen-bond donors (Lipinski definition) is 1. The van der Waals surface area contributed by atoms with Crippen LogP contribution in [0.2, 0.25) is 0 Å². The Balaban J connectivity index is 2.68. The van der Waals surface area contributed by atoms with Crippen LogP contribution in [0.5, 0.6) is 0 Å². The van der Waals surface area contributed by atoms with Gasteiger partial charge in [-0.3, -0.25) is 0 Å². The van der Waals surface area contributed by atoms with Crippen LogP contribution in [0, 0.1) is 5.82 Å². The topological polar surface area (TPSA) is 21.3 Å². The molecule has 1 N–H and O–H groups in total. The lowest BCUT2D eigenvalue weighted by molar-refractivity contribution is 0.0230. The van der Waals surface area contributed by atoms with Gasteiger partial charge >= 0.3 is 0 Å². The van der Waals surface area contributed by atoms with E-state index in [1.807, 2.05) is 19.9 Å². The molecule has 0 aliphatic rings. The maximum absolute atomic E-state index is 12.9. The van der Waals surface area contributed by atoms with Crippen molar-refractivity contribution in [2.24, 2.45) is 0 Å². The van der Waals surface area contributed by atoms with Crippen molar-refractivity contribution in [3.63, 3.8) is 0 Å². The summed E-state index contributed by atoms with van der Waals surface area (Å²) in [6.07, 6.45) is 0.865. The molecule has 0 fully saturated rings. The molecule has 0 bridgehead atoms. The second-order valence-electron chi connectivity index (χ2n) is 3.07. The average Bonchev–Trinajstić information content (AvgIpc) is 2.19. The van der Waals surface area contributed by atoms with Gasteiger partial charge in [-0.2, -0.15) is 5.48 Å². The van der Waals surface area contributed by atoms with E-state index in [1.54, 1.807) is 6.07 Å². The first kappa shape index (κ1) is 11.1. The van der Waals surface area contributed by atoms with Crippen LogP contribution in [0.25, 0.3) is 0 Å². The van der Waals surface area contributed by atoms with E-state index >= 15 is 0 Å². The molecule has 0 spiro atoms. The van der Waals surface area contributed by atoms with Crippen LogP contribution in [0.4, 0.5) is 4.39 Å². The maximum Gasteiger partial charge on any atom is 0.123 e. The number of nitrogens with one attached hydrogen (secondary N) is 1. The Bertz CT molecular complexity index is 278. The number of hydroxylamine groups is 1. The number of halogens is 1. The van der Waals surface area contributed by atoms with Gasteiger partial charge in [0.2, 0.25) is 0 Å². The third kappa shape index (κ3) is 3.09. The van der Waals surface area contributed by atoms with Crippen molar-refractivity contribution in [2.75, 3.05) is 6.61 Å². The number of benzene rings is 1. The molecule has 0 aliphatic heterocycles. The third-order valence-electron chi connectivity index (χ3n) is 2.03. The Hall–Kier alpha value is -0.930. The van der Waals surface area contributed by atoms with Crippen molar-refractivity contribution in [1.82, 2.24) is 5.48 Å². The van der Waals surface area contributed by atoms with Gasteiger partial charge in [0.1, 0.15) is 5.82 Å². The summed E-state index contributed by atoms with van der Waals surface area (Å²) in [5.74, 6) is -0.209. The fourth-order valence-corrected chi connectivity index (χ4v) is 1.29. The summed E-state index contributed by atoms with van der Waals surface area (Å²) in [7, 11) is 0. The lowest BCUT2D eigenvalue weighted by Crippen LogP contribution is -2.21. The van der Waals surface area contributed by atoms with Gasteiger partial charge in [-0.1, -0.05) is 19.1 Å². The molecule has 0 aromatic heterocycles. The van der Waals surface area contributed by atoms with Gasteiger partial charge in [0.05, 0.1) is 12.6 Å². The van der Waals surface area contributed by atoms with Crippen LogP contribution < -0.4 is 5.48 Å². The van der Waals surface area contributed by atoms with Crippen LogP contribution in [0.15, 0.2) is 24.3 Å². The molecule has 78 valence electrons. The quantitative estimate of drug-likeness (QED) is 0.733. The van der Waals surface area contributed by atoms with E-state index in [9.17, 15) is 4.39 Å². The molecule has 14 heavy (non-hydrogen) atoms. The summed E-state index contributed by atoms with van der Waals surface area (Å²) in [5, 5.41) is 0. The highest BCUT2D eigenvalue weighted by Gasteiger charge is 2.08. The zero-order valence-electron chi connectivity index (χ0n) is 8.59. The molecule has 1 aromatic carbocycles. The monoisotopic (exact) mass is 197 g/mol. The number of rotatable bonds is 5. The first-order valence-electron chi connectivity index (χ1n) is 4.90. The van der Waals surface area contributed by atoms with E-state index < -0.39 is 0 Å². The zero-order valence-corrected chi connectivity index (χ0v) is 8.59. The average molecular weight is 197 g/mol. The second kappa shape index (κ2) is 5.73. The maximum atomic E-state index is 12.9. The fourth-order valence-electron chi connectivity index (χ4n) is 1.29. The smallest absolute Gasteiger partial charge is 0.123 e. The van der Waals surface area contributed by atoms with Crippen molar-refractivity contribution in [3.05, 3.63) is 35.6 Å². The standard InChI is InChI=1S/C11H16FNO/c1-3-11(13-14-4-2)9-6-5-7-10(12)8-9/h5-8,11,13H,3-4H2,1-2H3. The molecular weight excluding hydrogens is 181 g/mol. The summed E-state index contributed by atoms with van der Waals surface area (Å²) in [6, 6.07) is 6.63. The van der Waals surface area contributed by atoms with E-state index in [-0.39, 0.29) is 11.9 Å². The molecule has 0 saturated carbocycles. The molecule has 2 nitrogen and oxygen atoms in total. The fraction of sp³-hybridized carbons (Fsp3) is 0.455. The summed E-state index contributed by atoms with van der Waals surface area (Å²) < 4.78 is 12.9. The third-order valence-corrected chi connectivity index (χ3v) is 2.03. The van der Waals surface area contributed by atoms with Gasteiger partial charge in [-0.25, -0.2) is 4.39 Å². The van der Waals surface area contributed by atoms with Gasteiger partial charge in [0, 0.05) is 0 Å². The zero-order chi connectivity index (χ0) is 10.4. The molecule has 0 amide bonds. The first-order valence-corrected chi connectivity index (χ1v) is 4.90. The number of hydrogen-bond acceptors (Lipinski definition) is 2. The second-order valence-corrected chi connectivity index (χ2v) is 3.07. The van der Waals surface area contributed by atoms with Crippen LogP contribution in [0.3, 0.4) is 0 Å². The Morgan fingerprint density at radius 1 is 1.43 bits per heavy atom. The lowest BCUT2D eigenvalue weighted by Gasteiger charge is -2.16. The van der Waals surface area contributed by atoms with Gasteiger partial charge in [-0.15, -0.1) is 0 Å². The summed E-state index contributed by atoms with van der Waals surface area (Å²) in [6.45, 7) is 4.54. The molecule has 0 saturated heterocycles. The lowest BCUT2D eigenvalue weighted by atomic mass is 10.1. The van der Waals surface area contributed by atoms with Crippen molar-refractivity contribution < 1.29 is 9.23 Å². The van der Waals surface area contributed by atoms with Crippen molar-refractivity contribution >= 4 is 0 Å². The summed E-state index contributed by atoms with van der Waals surface area (Å²) >= 11 is 0. The molecule has 3 heteroatoms. The predicted octanol–water partition coefficient (Wildman–Crippen LogP) is 2.82. The van der Waals surface area contributed by atoms with Crippen LogP contribution in [-0.4, -0.2) is 6.61 Å². The highest BCUT2D eigenvalue weighted by molar-refractivity contribution is 5.19. The minimum atomic E-state index is -0.209. The first-order chi connectivity index (χ1) is 6.77. The Morgan fingerprint density at radius 3 is 2.79 bits per heavy atom. The molecule has 0 radical (unpaired) electrons. The Labute approximate surface area is 84.0 Å². The van der Waals surface area contributed by atoms with Crippen LogP contribution >= 0.6 is 0 Å². The Morgan fingerprint density at radius 2 is 2.21 bits per heavy atom. The summed E-state index contributed by atoms with van der Waals surface area (Å²) in [5.41, 5.74) is 3.81. The van der Waals surface area contributed by atoms with Crippen molar-refractivity contribution in [1.29, 1.82) is 0 Å². The molecule has 1 atom stereocenters. The van der Waals surface area contributed by atoms with Crippen molar-refractivity contribution in [3.8, 4) is 0 Å². The molecule has 1 rings (SSSR count). The molecule has 0 heterocycles. The SMILES string of the molecule is CCONC(CC)c1cccc(F)c1. The highest BCUT2D eigenvalue weighted by Crippen LogP contribution is 2.17. The van der Waals surface area contributed by atoms with Gasteiger partial charge in [0.25, 0.3) is 0 Å². The van der Waals surface area contributed by atoms with Gasteiger partial charge < -0.3 is 4.84 Å². The van der Waals surface area contributed by atoms with E-state index in [1.165, 1.54) is 12.1 Å². The van der Waals surface area contributed by atoms with Crippen LogP contribution in [0.1, 0.15) is 31.9 Å². The van der Waals surface area contributed by atoms with E-state index in [2.05, 4.69) is 5.48 Å². The van der Waals surface area contributed by atoms with E-state index in [0.717, 1.165) is 12.0 Å². The Kier molecular flexibility index (Phi) is 4.56. The predicted molar refractivity (Wildman–Crippen MR) is 54.2 cm³/mol. The normalized spacial score (nSPS) is 12.8. The van der Waals surface area contributed by atoms with Crippen molar-refractivity contribution in [2.45, 2.75) is 26.3 Å². The molecule has 1 unspecified atom stereocenters. The van der Waals surface area contributed by atoms with Gasteiger partial charge in [0.15, 0.2) is 0 Å². The largest absolute Gasteiger partial charge is 0.302 e. The minimum Gasteiger partial charge on any atom is -0.302 e.